The lowest BCUT2D eigenvalue weighted by Crippen LogP contribution is -2.65. The lowest BCUT2D eigenvalue weighted by Gasteiger charge is -2.72. The molecule has 0 aromatic heterocycles. The summed E-state index contributed by atoms with van der Waals surface area (Å²) < 4.78 is 4.93. The summed E-state index contributed by atoms with van der Waals surface area (Å²) in [5.41, 5.74) is 5.73. The third-order valence-electron chi connectivity index (χ3n) is 14.7. The van der Waals surface area contributed by atoms with Crippen LogP contribution >= 0.6 is 0 Å². The summed E-state index contributed by atoms with van der Waals surface area (Å²) in [6, 6.07) is 8.08. The number of methoxy groups -OCH3 is 1. The molecule has 1 aromatic rings. The molecule has 5 aliphatic rings. The van der Waals surface area contributed by atoms with E-state index >= 15 is 0 Å². The van der Waals surface area contributed by atoms with Crippen LogP contribution in [0.15, 0.2) is 42.5 Å². The number of allylic oxidation sites excluding steroid dienone is 3. The molecule has 0 heterocycles. The number of esters is 1. The average Bonchev–Trinajstić information content (AvgIpc) is 3.33. The largest absolute Gasteiger partial charge is 0.465 e. The molecule has 1 N–H and O–H groups in total. The van der Waals surface area contributed by atoms with E-state index in [1.165, 1.54) is 75.2 Å². The normalized spacial score (nSPS) is 44.5. The van der Waals surface area contributed by atoms with Crippen molar-refractivity contribution in [2.24, 2.45) is 56.7 Å². The first-order valence-electron chi connectivity index (χ1n) is 16.4. The van der Waals surface area contributed by atoms with Gasteiger partial charge in [0.05, 0.1) is 12.7 Å². The zero-order valence-electron chi connectivity index (χ0n) is 26.8. The minimum atomic E-state index is -0.275. The van der Waals surface area contributed by atoms with Gasteiger partial charge in [-0.3, -0.25) is 0 Å². The number of fused-ring (bicyclic) bond motifs is 7. The molecule has 0 unspecified atom stereocenters. The maximum atomic E-state index is 12.0. The quantitative estimate of drug-likeness (QED) is 0.296. The van der Waals surface area contributed by atoms with Crippen molar-refractivity contribution in [3.8, 4) is 0 Å². The molecule has 0 radical (unpaired) electrons. The van der Waals surface area contributed by atoms with Gasteiger partial charge in [0.25, 0.3) is 0 Å². The van der Waals surface area contributed by atoms with Crippen molar-refractivity contribution < 1.29 is 14.6 Å². The summed E-state index contributed by atoms with van der Waals surface area (Å²) in [7, 11) is 1.44. The molecule has 0 bridgehead atoms. The molecule has 224 valence electrons. The minimum Gasteiger partial charge on any atom is -0.465 e. The first kappa shape index (κ1) is 29.2. The second-order valence-corrected chi connectivity index (χ2v) is 16.3. The summed E-state index contributed by atoms with van der Waals surface area (Å²) in [5.74, 6) is 2.91. The van der Waals surface area contributed by atoms with Crippen molar-refractivity contribution in [1.82, 2.24) is 0 Å². The van der Waals surface area contributed by atoms with Crippen molar-refractivity contribution in [3.05, 3.63) is 53.6 Å². The van der Waals surface area contributed by atoms with Gasteiger partial charge in [0.1, 0.15) is 0 Å². The first-order valence-corrected chi connectivity index (χ1v) is 16.4. The van der Waals surface area contributed by atoms with Crippen LogP contribution in [0.2, 0.25) is 0 Å². The van der Waals surface area contributed by atoms with Crippen LogP contribution in [-0.4, -0.2) is 24.8 Å². The predicted molar refractivity (Wildman–Crippen MR) is 167 cm³/mol. The highest BCUT2D eigenvalue weighted by atomic mass is 16.5. The predicted octanol–water partition coefficient (Wildman–Crippen LogP) is 9.12. The Labute approximate surface area is 249 Å². The highest BCUT2D eigenvalue weighted by Crippen LogP contribution is 2.77. The summed E-state index contributed by atoms with van der Waals surface area (Å²) in [4.78, 5) is 12.0. The van der Waals surface area contributed by atoms with Crippen LogP contribution in [0.25, 0.3) is 5.57 Å². The third-order valence-corrected chi connectivity index (χ3v) is 14.7. The molecule has 3 heteroatoms. The summed E-state index contributed by atoms with van der Waals surface area (Å²) in [6.45, 7) is 20.1. The standard InChI is InChI=1S/C38H54O3/c1-24(2)27-15-20-38(23-39)22-21-36(6)29(32(27)38)13-14-31-35(5)18-16-28(25-9-11-26(12-10-25)33(40)41-8)34(3,4)30(35)17-19-37(31,36)7/h9-12,16,27,29-32,39H,1,13-15,17-23H2,2-8H3/t27-,29+,30-,31+,32+,35-,36+,37+,38+/m0/s1. The van der Waals surface area contributed by atoms with Crippen molar-refractivity contribution in [1.29, 1.82) is 0 Å². The van der Waals surface area contributed by atoms with Gasteiger partial charge in [0.15, 0.2) is 0 Å². The second kappa shape index (κ2) is 9.57. The topological polar surface area (TPSA) is 46.5 Å². The van der Waals surface area contributed by atoms with Crippen LogP contribution in [0.1, 0.15) is 115 Å². The number of aliphatic hydroxyl groups excluding tert-OH is 1. The lowest BCUT2D eigenvalue weighted by molar-refractivity contribution is -0.228. The maximum absolute atomic E-state index is 12.0. The number of rotatable bonds is 4. The van der Waals surface area contributed by atoms with Crippen LogP contribution in [0.4, 0.5) is 0 Å². The van der Waals surface area contributed by atoms with Crippen molar-refractivity contribution >= 4 is 11.5 Å². The lowest BCUT2D eigenvalue weighted by atomic mass is 9.32. The van der Waals surface area contributed by atoms with E-state index in [-0.39, 0.29) is 22.2 Å². The monoisotopic (exact) mass is 558 g/mol. The molecule has 3 nitrogen and oxygen atoms in total. The van der Waals surface area contributed by atoms with Gasteiger partial charge in [-0.2, -0.15) is 0 Å². The molecule has 4 saturated carbocycles. The second-order valence-electron chi connectivity index (χ2n) is 16.3. The van der Waals surface area contributed by atoms with Gasteiger partial charge in [-0.15, -0.1) is 0 Å². The van der Waals surface area contributed by atoms with E-state index in [1.807, 2.05) is 12.1 Å². The van der Waals surface area contributed by atoms with Crippen LogP contribution in [0.5, 0.6) is 0 Å². The van der Waals surface area contributed by atoms with Gasteiger partial charge in [0, 0.05) is 6.61 Å². The van der Waals surface area contributed by atoms with Crippen LogP contribution in [0.3, 0.4) is 0 Å². The van der Waals surface area contributed by atoms with Crippen molar-refractivity contribution in [3.63, 3.8) is 0 Å². The van der Waals surface area contributed by atoms with Crippen LogP contribution in [-0.2, 0) is 4.74 Å². The molecule has 1 aromatic carbocycles. The Hall–Kier alpha value is -1.87. The van der Waals surface area contributed by atoms with Gasteiger partial charge in [-0.05, 0) is 145 Å². The minimum absolute atomic E-state index is 0.0635. The zero-order chi connectivity index (χ0) is 29.6. The fourth-order valence-corrected chi connectivity index (χ4v) is 12.6. The average molecular weight is 559 g/mol. The number of carbonyl (C=O) groups is 1. The van der Waals surface area contributed by atoms with E-state index in [4.69, 9.17) is 4.74 Å². The number of aliphatic hydroxyl groups is 1. The number of hydrogen-bond acceptors (Lipinski definition) is 3. The molecular weight excluding hydrogens is 504 g/mol. The van der Waals surface area contributed by atoms with Crippen LogP contribution < -0.4 is 0 Å². The number of hydrogen-bond donors (Lipinski definition) is 1. The molecular formula is C38H54O3. The smallest absolute Gasteiger partial charge is 0.337 e. The number of benzene rings is 1. The molecule has 5 aliphatic carbocycles. The molecule has 0 saturated heterocycles. The van der Waals surface area contributed by atoms with E-state index in [9.17, 15) is 9.90 Å². The van der Waals surface area contributed by atoms with E-state index in [1.54, 1.807) is 0 Å². The number of ether oxygens (including phenoxy) is 1. The Morgan fingerprint density at radius 2 is 1.63 bits per heavy atom. The Bertz CT molecular complexity index is 1260. The fraction of sp³-hybridized carbons (Fsp3) is 0.711. The molecule has 41 heavy (non-hydrogen) atoms. The van der Waals surface area contributed by atoms with E-state index in [0.29, 0.717) is 52.6 Å². The summed E-state index contributed by atoms with van der Waals surface area (Å²) in [5, 5.41) is 10.8. The highest BCUT2D eigenvalue weighted by molar-refractivity contribution is 5.89. The van der Waals surface area contributed by atoms with Gasteiger partial charge in [-0.25, -0.2) is 4.79 Å². The molecule has 0 aliphatic heterocycles. The van der Waals surface area contributed by atoms with Gasteiger partial charge in [0.2, 0.25) is 0 Å². The van der Waals surface area contributed by atoms with Crippen molar-refractivity contribution in [2.45, 2.75) is 99.3 Å². The Balaban J connectivity index is 1.35. The zero-order valence-corrected chi connectivity index (χ0v) is 26.8. The Morgan fingerprint density at radius 1 is 0.927 bits per heavy atom. The van der Waals surface area contributed by atoms with E-state index < -0.39 is 0 Å². The van der Waals surface area contributed by atoms with E-state index in [2.05, 4.69) is 66.3 Å². The maximum Gasteiger partial charge on any atom is 0.337 e. The SMILES string of the molecule is C=C(C)[C@@H]1CC[C@]2(CO)CC[C@]3(C)[C@H](CC[C@@H]4[C@@]5(C)CC=C(c6ccc(C(=O)OC)cc6)C(C)(C)[C@@H]5CC[C@]43C)[C@@H]12. The summed E-state index contributed by atoms with van der Waals surface area (Å²) in [6.07, 6.45) is 13.8. The molecule has 0 spiro atoms. The Kier molecular flexibility index (Phi) is 6.82. The number of carbonyl (C=O) groups excluding carboxylic acids is 1. The van der Waals surface area contributed by atoms with E-state index in [0.717, 1.165) is 6.42 Å². The molecule has 0 amide bonds. The highest BCUT2D eigenvalue weighted by Gasteiger charge is 2.70. The fourth-order valence-electron chi connectivity index (χ4n) is 12.6. The van der Waals surface area contributed by atoms with Gasteiger partial charge < -0.3 is 9.84 Å². The molecule has 6 rings (SSSR count). The third kappa shape index (κ3) is 3.82. The molecule has 4 fully saturated rings. The first-order chi connectivity index (χ1) is 19.3. The Morgan fingerprint density at radius 3 is 2.27 bits per heavy atom. The van der Waals surface area contributed by atoms with Crippen LogP contribution in [0, 0.1) is 56.7 Å². The van der Waals surface area contributed by atoms with Crippen molar-refractivity contribution in [2.75, 3.05) is 13.7 Å². The molecule has 9 atom stereocenters. The summed E-state index contributed by atoms with van der Waals surface area (Å²) >= 11 is 0. The van der Waals surface area contributed by atoms with Gasteiger partial charge >= 0.3 is 5.97 Å². The van der Waals surface area contributed by atoms with Gasteiger partial charge in [-0.1, -0.05) is 65.0 Å².